The third-order valence-electron chi connectivity index (χ3n) is 6.62. The number of carbonyl (C=O) groups is 2. The van der Waals surface area contributed by atoms with E-state index in [1.807, 2.05) is 12.1 Å². The molecule has 2 aliphatic rings. The van der Waals surface area contributed by atoms with Gasteiger partial charge in [-0.15, -0.1) is 0 Å². The summed E-state index contributed by atoms with van der Waals surface area (Å²) in [6.45, 7) is 5.04. The number of amides is 2. The second-order valence-electron chi connectivity index (χ2n) is 10.2. The number of benzene rings is 1. The van der Waals surface area contributed by atoms with Crippen molar-refractivity contribution in [2.75, 3.05) is 10.6 Å². The standard InChI is InChI=1S/C24H37N3O4S/c1-24(2,3)32(30,31)27-21-11-9-18(10-12-21)23(29)26-20-15-13-19(14-16-20)25-22(28)17-7-5-4-6-8-17/h13-18,21,27H,4-12H2,1-3H3,(H,25,28)(H,26,29)/t18-,21-. The molecule has 0 unspecified atom stereocenters. The van der Waals surface area contributed by atoms with Crippen LogP contribution in [0.4, 0.5) is 11.4 Å². The van der Waals surface area contributed by atoms with E-state index in [0.29, 0.717) is 31.4 Å². The molecule has 2 saturated carbocycles. The van der Waals surface area contributed by atoms with Crippen molar-refractivity contribution in [3.63, 3.8) is 0 Å². The molecule has 1 aromatic rings. The molecule has 3 rings (SSSR count). The maximum absolute atomic E-state index is 12.7. The predicted molar refractivity (Wildman–Crippen MR) is 128 cm³/mol. The molecular weight excluding hydrogens is 426 g/mol. The molecule has 1 aromatic carbocycles. The lowest BCUT2D eigenvalue weighted by molar-refractivity contribution is -0.121. The number of hydrogen-bond acceptors (Lipinski definition) is 4. The first kappa shape index (κ1) is 24.7. The maximum Gasteiger partial charge on any atom is 0.227 e. The fourth-order valence-electron chi connectivity index (χ4n) is 4.36. The number of hydrogen-bond donors (Lipinski definition) is 3. The SMILES string of the molecule is CC(C)(C)S(=O)(=O)N[C@H]1CC[C@H](C(=O)Nc2ccc(NC(=O)C3CCCCC3)cc2)CC1. The van der Waals surface area contributed by atoms with Gasteiger partial charge in [-0.2, -0.15) is 0 Å². The van der Waals surface area contributed by atoms with Gasteiger partial charge in [0.25, 0.3) is 0 Å². The molecular formula is C24H37N3O4S. The molecule has 0 aliphatic heterocycles. The Morgan fingerprint density at radius 3 is 1.62 bits per heavy atom. The number of sulfonamides is 1. The molecule has 8 heteroatoms. The molecule has 0 aromatic heterocycles. The van der Waals surface area contributed by atoms with Crippen molar-refractivity contribution < 1.29 is 18.0 Å². The topological polar surface area (TPSA) is 104 Å². The van der Waals surface area contributed by atoms with Crippen molar-refractivity contribution in [1.29, 1.82) is 0 Å². The van der Waals surface area contributed by atoms with Gasteiger partial charge in [0, 0.05) is 29.3 Å². The van der Waals surface area contributed by atoms with E-state index in [2.05, 4.69) is 15.4 Å². The fraction of sp³-hybridized carbons (Fsp3) is 0.667. The van der Waals surface area contributed by atoms with Crippen LogP contribution in [0.2, 0.25) is 0 Å². The quantitative estimate of drug-likeness (QED) is 0.581. The molecule has 0 heterocycles. The van der Waals surface area contributed by atoms with Gasteiger partial charge in [-0.05, 0) is 83.6 Å². The van der Waals surface area contributed by atoms with Crippen LogP contribution in [0.3, 0.4) is 0 Å². The average molecular weight is 464 g/mol. The summed E-state index contributed by atoms with van der Waals surface area (Å²) in [4.78, 5) is 25.0. The third-order valence-corrected chi connectivity index (χ3v) is 8.88. The first-order chi connectivity index (χ1) is 15.0. The van der Waals surface area contributed by atoms with Crippen molar-refractivity contribution >= 4 is 33.2 Å². The lowest BCUT2D eigenvalue weighted by atomic mass is 9.86. The van der Waals surface area contributed by atoms with Crippen LogP contribution in [0.25, 0.3) is 0 Å². The summed E-state index contributed by atoms with van der Waals surface area (Å²) < 4.78 is 26.6. The Labute approximate surface area is 192 Å². The van der Waals surface area contributed by atoms with Crippen molar-refractivity contribution in [3.8, 4) is 0 Å². The van der Waals surface area contributed by atoms with Crippen LogP contribution in [0.1, 0.15) is 78.6 Å². The first-order valence-corrected chi connectivity index (χ1v) is 13.3. The van der Waals surface area contributed by atoms with Crippen LogP contribution in [-0.4, -0.2) is 31.0 Å². The van der Waals surface area contributed by atoms with E-state index < -0.39 is 14.8 Å². The van der Waals surface area contributed by atoms with Gasteiger partial charge in [-0.1, -0.05) is 19.3 Å². The van der Waals surface area contributed by atoms with Gasteiger partial charge >= 0.3 is 0 Å². The summed E-state index contributed by atoms with van der Waals surface area (Å²) in [6, 6.07) is 7.12. The molecule has 2 aliphatic carbocycles. The minimum absolute atomic E-state index is 0.0406. The lowest BCUT2D eigenvalue weighted by Gasteiger charge is -2.30. The van der Waals surface area contributed by atoms with E-state index in [1.54, 1.807) is 32.9 Å². The molecule has 2 fully saturated rings. The zero-order valence-electron chi connectivity index (χ0n) is 19.4. The highest BCUT2D eigenvalue weighted by Crippen LogP contribution is 2.28. The third kappa shape index (κ3) is 6.54. The van der Waals surface area contributed by atoms with E-state index in [-0.39, 0.29) is 29.7 Å². The molecule has 178 valence electrons. The van der Waals surface area contributed by atoms with E-state index in [0.717, 1.165) is 31.4 Å². The molecule has 3 N–H and O–H groups in total. The Morgan fingerprint density at radius 1 is 0.750 bits per heavy atom. The van der Waals surface area contributed by atoms with Crippen LogP contribution in [0, 0.1) is 11.8 Å². The molecule has 0 spiro atoms. The molecule has 7 nitrogen and oxygen atoms in total. The smallest absolute Gasteiger partial charge is 0.227 e. The Morgan fingerprint density at radius 2 is 1.19 bits per heavy atom. The van der Waals surface area contributed by atoms with Crippen LogP contribution in [-0.2, 0) is 19.6 Å². The Balaban J connectivity index is 1.45. The molecule has 0 bridgehead atoms. The number of anilines is 2. The molecule has 0 radical (unpaired) electrons. The lowest BCUT2D eigenvalue weighted by Crippen LogP contribution is -2.46. The van der Waals surface area contributed by atoms with Crippen LogP contribution >= 0.6 is 0 Å². The highest BCUT2D eigenvalue weighted by atomic mass is 32.2. The van der Waals surface area contributed by atoms with Gasteiger partial charge < -0.3 is 10.6 Å². The summed E-state index contributed by atoms with van der Waals surface area (Å²) in [5.41, 5.74) is 1.44. The fourth-order valence-corrected chi connectivity index (χ4v) is 5.39. The normalized spacial score (nSPS) is 22.8. The largest absolute Gasteiger partial charge is 0.326 e. The summed E-state index contributed by atoms with van der Waals surface area (Å²) >= 11 is 0. The maximum atomic E-state index is 12.7. The van der Waals surface area contributed by atoms with Gasteiger partial charge in [-0.3, -0.25) is 9.59 Å². The van der Waals surface area contributed by atoms with E-state index in [9.17, 15) is 18.0 Å². The van der Waals surface area contributed by atoms with Crippen molar-refractivity contribution in [3.05, 3.63) is 24.3 Å². The highest BCUT2D eigenvalue weighted by Gasteiger charge is 2.34. The minimum Gasteiger partial charge on any atom is -0.326 e. The number of nitrogens with one attached hydrogen (secondary N) is 3. The van der Waals surface area contributed by atoms with Crippen LogP contribution < -0.4 is 15.4 Å². The Hall–Kier alpha value is -1.93. The first-order valence-electron chi connectivity index (χ1n) is 11.8. The molecule has 2 amide bonds. The summed E-state index contributed by atoms with van der Waals surface area (Å²) in [5.74, 6) is 0.0173. The predicted octanol–water partition coefficient (Wildman–Crippen LogP) is 4.42. The average Bonchev–Trinajstić information content (AvgIpc) is 2.75. The van der Waals surface area contributed by atoms with E-state index in [4.69, 9.17) is 0 Å². The molecule has 32 heavy (non-hydrogen) atoms. The van der Waals surface area contributed by atoms with Gasteiger partial charge in [0.15, 0.2) is 0 Å². The second kappa shape index (κ2) is 10.3. The van der Waals surface area contributed by atoms with Gasteiger partial charge in [-0.25, -0.2) is 13.1 Å². The van der Waals surface area contributed by atoms with Crippen molar-refractivity contribution in [1.82, 2.24) is 4.72 Å². The molecule has 0 saturated heterocycles. The van der Waals surface area contributed by atoms with Crippen LogP contribution in [0.15, 0.2) is 24.3 Å². The Kier molecular flexibility index (Phi) is 7.98. The van der Waals surface area contributed by atoms with E-state index >= 15 is 0 Å². The number of carbonyl (C=O) groups excluding carboxylic acids is 2. The second-order valence-corrected chi connectivity index (χ2v) is 12.6. The minimum atomic E-state index is -3.38. The van der Waals surface area contributed by atoms with Gasteiger partial charge in [0.1, 0.15) is 0 Å². The zero-order chi connectivity index (χ0) is 23.4. The summed E-state index contributed by atoms with van der Waals surface area (Å²) in [7, 11) is -3.38. The summed E-state index contributed by atoms with van der Waals surface area (Å²) in [6.07, 6.45) is 7.98. The van der Waals surface area contributed by atoms with Crippen molar-refractivity contribution in [2.45, 2.75) is 89.3 Å². The zero-order valence-corrected chi connectivity index (χ0v) is 20.3. The van der Waals surface area contributed by atoms with Crippen molar-refractivity contribution in [2.24, 2.45) is 11.8 Å². The summed E-state index contributed by atoms with van der Waals surface area (Å²) in [5, 5.41) is 5.93. The van der Waals surface area contributed by atoms with Gasteiger partial charge in [0.2, 0.25) is 21.8 Å². The Bertz CT molecular complexity index is 892. The monoisotopic (exact) mass is 463 g/mol. The highest BCUT2D eigenvalue weighted by molar-refractivity contribution is 7.90. The van der Waals surface area contributed by atoms with Gasteiger partial charge in [0.05, 0.1) is 4.75 Å². The number of rotatable bonds is 6. The molecule has 0 atom stereocenters. The van der Waals surface area contributed by atoms with E-state index in [1.165, 1.54) is 6.42 Å². The van der Waals surface area contributed by atoms with Crippen LogP contribution in [0.5, 0.6) is 0 Å².